The van der Waals surface area contributed by atoms with Crippen molar-refractivity contribution in [3.05, 3.63) is 87.7 Å². The number of benzene rings is 2. The minimum Gasteiger partial charge on any atom is -0.507 e. The van der Waals surface area contributed by atoms with E-state index in [9.17, 15) is 20.0 Å². The number of ketones is 1. The van der Waals surface area contributed by atoms with E-state index in [4.69, 9.17) is 0 Å². The Labute approximate surface area is 158 Å². The molecule has 0 aliphatic carbocycles. The van der Waals surface area contributed by atoms with Gasteiger partial charge in [-0.15, -0.1) is 0 Å². The highest BCUT2D eigenvalue weighted by Gasteiger charge is 2.19. The van der Waals surface area contributed by atoms with Crippen LogP contribution in [0.1, 0.15) is 21.5 Å². The fraction of sp³-hybridized carbons (Fsp3) is 0.0500. The highest BCUT2D eigenvalue weighted by molar-refractivity contribution is 6.10. The van der Waals surface area contributed by atoms with Crippen LogP contribution in [0.15, 0.2) is 60.9 Å². The molecule has 0 radical (unpaired) electrons. The lowest BCUT2D eigenvalue weighted by Crippen LogP contribution is -2.05. The Hall–Kier alpha value is -4.07. The van der Waals surface area contributed by atoms with Gasteiger partial charge in [-0.3, -0.25) is 14.9 Å². The molecule has 4 rings (SSSR count). The summed E-state index contributed by atoms with van der Waals surface area (Å²) in [5, 5.41) is 25.4. The monoisotopic (exact) mass is 374 g/mol. The summed E-state index contributed by atoms with van der Waals surface area (Å²) in [7, 11) is 0. The summed E-state index contributed by atoms with van der Waals surface area (Å²) in [4.78, 5) is 27.3. The molecule has 1 N–H and O–H groups in total. The second-order valence-corrected chi connectivity index (χ2v) is 6.33. The first-order valence-corrected chi connectivity index (χ1v) is 8.37. The van der Waals surface area contributed by atoms with Crippen LogP contribution >= 0.6 is 0 Å². The number of carbonyl (C=O) groups excluding carboxylic acids is 1. The van der Waals surface area contributed by atoms with E-state index in [1.165, 1.54) is 16.9 Å². The fourth-order valence-corrected chi connectivity index (χ4v) is 2.91. The average molecular weight is 374 g/mol. The topological polar surface area (TPSA) is 111 Å². The van der Waals surface area contributed by atoms with Gasteiger partial charge in [0.2, 0.25) is 0 Å². The first-order chi connectivity index (χ1) is 13.4. The molecule has 8 heteroatoms. The van der Waals surface area contributed by atoms with Crippen molar-refractivity contribution < 1.29 is 14.8 Å². The normalized spacial score (nSPS) is 10.9. The SMILES string of the molecule is Cc1cccc(-c2cc3ncc(C(=O)c4cc([N+](=O)[O-])ccc4O)cn3n2)c1. The molecule has 0 atom stereocenters. The van der Waals surface area contributed by atoms with Crippen molar-refractivity contribution in [1.29, 1.82) is 0 Å². The lowest BCUT2D eigenvalue weighted by atomic mass is 10.0. The standard InChI is InChI=1S/C20H14N4O4/c1-12-3-2-4-13(7-12)17-9-19-21-10-14(11-23(19)22-17)20(26)16-8-15(24(27)28)5-6-18(16)25/h2-11,25H,1H3. The molecule has 2 heterocycles. The number of aromatic hydroxyl groups is 1. The fourth-order valence-electron chi connectivity index (χ4n) is 2.91. The number of phenols is 1. The van der Waals surface area contributed by atoms with Crippen LogP contribution in [0, 0.1) is 17.0 Å². The molecule has 2 aromatic heterocycles. The highest BCUT2D eigenvalue weighted by Crippen LogP contribution is 2.26. The Balaban J connectivity index is 1.75. The molecule has 138 valence electrons. The molecule has 0 amide bonds. The van der Waals surface area contributed by atoms with Gasteiger partial charge in [0.15, 0.2) is 11.4 Å². The zero-order valence-corrected chi connectivity index (χ0v) is 14.7. The second-order valence-electron chi connectivity index (χ2n) is 6.33. The lowest BCUT2D eigenvalue weighted by Gasteiger charge is -2.04. The number of aromatic nitrogens is 3. The number of hydrogen-bond acceptors (Lipinski definition) is 6. The number of aryl methyl sites for hydroxylation is 1. The van der Waals surface area contributed by atoms with Crippen molar-refractivity contribution in [2.45, 2.75) is 6.92 Å². The summed E-state index contributed by atoms with van der Waals surface area (Å²) in [5.41, 5.74) is 2.99. The maximum absolute atomic E-state index is 12.7. The van der Waals surface area contributed by atoms with E-state index >= 15 is 0 Å². The van der Waals surface area contributed by atoms with Gasteiger partial charge < -0.3 is 5.11 Å². The van der Waals surface area contributed by atoms with Gasteiger partial charge in [0.1, 0.15) is 5.75 Å². The van der Waals surface area contributed by atoms with Crippen LogP contribution in [0.25, 0.3) is 16.9 Å². The van der Waals surface area contributed by atoms with E-state index in [0.29, 0.717) is 11.3 Å². The number of carbonyl (C=O) groups is 1. The second kappa shape index (κ2) is 6.58. The van der Waals surface area contributed by atoms with Crippen LogP contribution in [-0.4, -0.2) is 30.4 Å². The summed E-state index contributed by atoms with van der Waals surface area (Å²) in [6.45, 7) is 1.99. The highest BCUT2D eigenvalue weighted by atomic mass is 16.6. The molecule has 0 aliphatic rings. The van der Waals surface area contributed by atoms with Crippen LogP contribution in [-0.2, 0) is 0 Å². The Morgan fingerprint density at radius 3 is 2.75 bits per heavy atom. The maximum Gasteiger partial charge on any atom is 0.270 e. The largest absolute Gasteiger partial charge is 0.507 e. The first-order valence-electron chi connectivity index (χ1n) is 8.37. The van der Waals surface area contributed by atoms with Crippen molar-refractivity contribution >= 4 is 17.1 Å². The van der Waals surface area contributed by atoms with Crippen molar-refractivity contribution in [2.24, 2.45) is 0 Å². The van der Waals surface area contributed by atoms with Crippen LogP contribution < -0.4 is 0 Å². The first kappa shape index (κ1) is 17.3. The van der Waals surface area contributed by atoms with Gasteiger partial charge in [-0.1, -0.05) is 23.8 Å². The van der Waals surface area contributed by atoms with Crippen molar-refractivity contribution in [1.82, 2.24) is 14.6 Å². The number of nitro groups is 1. The van der Waals surface area contributed by atoms with Gasteiger partial charge in [-0.25, -0.2) is 9.50 Å². The van der Waals surface area contributed by atoms with E-state index in [0.717, 1.165) is 29.3 Å². The third-order valence-corrected chi connectivity index (χ3v) is 4.32. The number of fused-ring (bicyclic) bond motifs is 1. The van der Waals surface area contributed by atoms with Gasteiger partial charge >= 0.3 is 0 Å². The van der Waals surface area contributed by atoms with E-state index < -0.39 is 10.7 Å². The van der Waals surface area contributed by atoms with E-state index in [1.807, 2.05) is 31.2 Å². The Morgan fingerprint density at radius 1 is 1.18 bits per heavy atom. The number of rotatable bonds is 4. The molecular weight excluding hydrogens is 360 g/mol. The van der Waals surface area contributed by atoms with E-state index in [2.05, 4.69) is 10.1 Å². The Kier molecular flexibility index (Phi) is 4.08. The minimum atomic E-state index is -0.626. The zero-order chi connectivity index (χ0) is 19.8. The number of hydrogen-bond donors (Lipinski definition) is 1. The molecule has 0 saturated carbocycles. The third-order valence-electron chi connectivity index (χ3n) is 4.32. The number of nitrogens with zero attached hydrogens (tertiary/aromatic N) is 4. The predicted molar refractivity (Wildman–Crippen MR) is 101 cm³/mol. The molecule has 2 aromatic carbocycles. The zero-order valence-electron chi connectivity index (χ0n) is 14.7. The van der Waals surface area contributed by atoms with Crippen molar-refractivity contribution in [3.8, 4) is 17.0 Å². The summed E-state index contributed by atoms with van der Waals surface area (Å²) in [6, 6.07) is 13.0. The lowest BCUT2D eigenvalue weighted by molar-refractivity contribution is -0.384. The van der Waals surface area contributed by atoms with Crippen LogP contribution in [0.4, 0.5) is 5.69 Å². The molecular formula is C20H14N4O4. The molecule has 0 bridgehead atoms. The number of nitro benzene ring substituents is 1. The van der Waals surface area contributed by atoms with E-state index in [-0.39, 0.29) is 22.6 Å². The molecule has 8 nitrogen and oxygen atoms in total. The van der Waals surface area contributed by atoms with Crippen LogP contribution in [0.3, 0.4) is 0 Å². The molecule has 28 heavy (non-hydrogen) atoms. The minimum absolute atomic E-state index is 0.155. The van der Waals surface area contributed by atoms with Gasteiger partial charge in [-0.2, -0.15) is 5.10 Å². The molecule has 0 fully saturated rings. The van der Waals surface area contributed by atoms with Gasteiger partial charge in [0, 0.05) is 36.2 Å². The molecule has 0 saturated heterocycles. The quantitative estimate of drug-likeness (QED) is 0.332. The Bertz CT molecular complexity index is 1250. The van der Waals surface area contributed by atoms with Crippen LogP contribution in [0.5, 0.6) is 5.75 Å². The molecule has 0 unspecified atom stereocenters. The molecule has 0 aliphatic heterocycles. The summed E-state index contributed by atoms with van der Waals surface area (Å²) >= 11 is 0. The van der Waals surface area contributed by atoms with Gasteiger partial charge in [-0.05, 0) is 19.1 Å². The predicted octanol–water partition coefficient (Wildman–Crippen LogP) is 3.55. The summed E-state index contributed by atoms with van der Waals surface area (Å²) in [6.07, 6.45) is 2.85. The summed E-state index contributed by atoms with van der Waals surface area (Å²) in [5.74, 6) is -0.917. The van der Waals surface area contributed by atoms with E-state index in [1.54, 1.807) is 6.07 Å². The molecule has 4 aromatic rings. The average Bonchev–Trinajstić information content (AvgIpc) is 3.11. The maximum atomic E-state index is 12.7. The summed E-state index contributed by atoms with van der Waals surface area (Å²) < 4.78 is 1.47. The van der Waals surface area contributed by atoms with Crippen LogP contribution in [0.2, 0.25) is 0 Å². The van der Waals surface area contributed by atoms with Crippen molar-refractivity contribution in [2.75, 3.05) is 0 Å². The Morgan fingerprint density at radius 2 is 2.00 bits per heavy atom. The number of phenolic OH excluding ortho intramolecular Hbond substituents is 1. The van der Waals surface area contributed by atoms with Gasteiger partial charge in [0.05, 0.1) is 21.7 Å². The smallest absolute Gasteiger partial charge is 0.270 e. The number of non-ortho nitro benzene ring substituents is 1. The van der Waals surface area contributed by atoms with Crippen molar-refractivity contribution in [3.63, 3.8) is 0 Å². The third kappa shape index (κ3) is 3.07. The molecule has 0 spiro atoms. The van der Waals surface area contributed by atoms with Gasteiger partial charge in [0.25, 0.3) is 5.69 Å².